The molecule has 3 aromatic carbocycles. The lowest BCUT2D eigenvalue weighted by Crippen LogP contribution is -2.53. The summed E-state index contributed by atoms with van der Waals surface area (Å²) in [5, 5.41) is 9.46. The van der Waals surface area contributed by atoms with Crippen molar-refractivity contribution < 1.29 is 28.5 Å². The Labute approximate surface area is 283 Å². The van der Waals surface area contributed by atoms with Gasteiger partial charge in [-0.25, -0.2) is 9.59 Å². The highest BCUT2D eigenvalue weighted by atomic mass is 35.5. The molecule has 47 heavy (non-hydrogen) atoms. The van der Waals surface area contributed by atoms with Crippen molar-refractivity contribution in [2.45, 2.75) is 44.4 Å². The van der Waals surface area contributed by atoms with E-state index in [1.165, 1.54) is 18.2 Å². The minimum absolute atomic E-state index is 0.0518. The molecule has 254 valence electrons. The maximum absolute atomic E-state index is 13.4. The molecule has 1 aliphatic rings. The largest absolute Gasteiger partial charge is 0.497 e. The van der Waals surface area contributed by atoms with E-state index < -0.39 is 18.3 Å². The van der Waals surface area contributed by atoms with Crippen molar-refractivity contribution in [3.63, 3.8) is 0 Å². The second-order valence-electron chi connectivity index (χ2n) is 11.3. The third-order valence-electron chi connectivity index (χ3n) is 8.36. The van der Waals surface area contributed by atoms with Gasteiger partial charge in [0, 0.05) is 36.8 Å². The Balaban J connectivity index is 1.47. The summed E-state index contributed by atoms with van der Waals surface area (Å²) in [6.07, 6.45) is 1.00. The number of morpholine rings is 1. The van der Waals surface area contributed by atoms with Crippen LogP contribution < -0.4 is 20.7 Å². The predicted octanol–water partition coefficient (Wildman–Crippen LogP) is 5.62. The molecule has 1 heterocycles. The fraction of sp³-hybridized carbons (Fsp3) is 0.444. The SMILES string of the molecule is CCc1cccc(-c2c(Cl)cccc2C(OCCOC(=O)NC)C2CN(C(=O)NCC(CCc3ccc(OC)cc3)NC)CCO2)c1. The van der Waals surface area contributed by atoms with Crippen LogP contribution in [0.1, 0.15) is 36.1 Å². The maximum atomic E-state index is 13.4. The fourth-order valence-electron chi connectivity index (χ4n) is 5.66. The normalized spacial score (nSPS) is 15.9. The van der Waals surface area contributed by atoms with E-state index in [0.717, 1.165) is 41.7 Å². The van der Waals surface area contributed by atoms with Crippen LogP contribution >= 0.6 is 11.6 Å². The summed E-state index contributed by atoms with van der Waals surface area (Å²) < 4.78 is 23.1. The molecule has 0 saturated carbocycles. The van der Waals surface area contributed by atoms with Crippen LogP contribution in [0.4, 0.5) is 9.59 Å². The molecule has 3 N–H and O–H groups in total. The summed E-state index contributed by atoms with van der Waals surface area (Å²) in [5.74, 6) is 0.831. The molecule has 0 radical (unpaired) electrons. The average Bonchev–Trinajstić information content (AvgIpc) is 3.11. The minimum atomic E-state index is -0.590. The first-order valence-corrected chi connectivity index (χ1v) is 16.5. The molecule has 10 nitrogen and oxygen atoms in total. The lowest BCUT2D eigenvalue weighted by atomic mass is 9.92. The minimum Gasteiger partial charge on any atom is -0.497 e. The van der Waals surface area contributed by atoms with Crippen molar-refractivity contribution in [1.29, 1.82) is 0 Å². The molecule has 1 saturated heterocycles. The highest BCUT2D eigenvalue weighted by Gasteiger charge is 2.34. The van der Waals surface area contributed by atoms with Crippen molar-refractivity contribution in [2.75, 3.05) is 60.7 Å². The van der Waals surface area contributed by atoms with Crippen molar-refractivity contribution in [3.05, 3.63) is 88.4 Å². The molecular formula is C36H47ClN4O6. The quantitative estimate of drug-likeness (QED) is 0.181. The van der Waals surface area contributed by atoms with Crippen molar-refractivity contribution in [1.82, 2.24) is 20.9 Å². The topological polar surface area (TPSA) is 110 Å². The number of aryl methyl sites for hydroxylation is 2. The first-order chi connectivity index (χ1) is 22.9. The average molecular weight is 667 g/mol. The van der Waals surface area contributed by atoms with E-state index in [-0.39, 0.29) is 25.3 Å². The van der Waals surface area contributed by atoms with Gasteiger partial charge in [0.15, 0.2) is 0 Å². The van der Waals surface area contributed by atoms with Crippen LogP contribution in [-0.4, -0.2) is 89.8 Å². The second-order valence-corrected chi connectivity index (χ2v) is 11.8. The van der Waals surface area contributed by atoms with Crippen molar-refractivity contribution in [2.24, 2.45) is 0 Å². The lowest BCUT2D eigenvalue weighted by Gasteiger charge is -2.38. The van der Waals surface area contributed by atoms with Crippen LogP contribution in [0.5, 0.6) is 5.75 Å². The number of ether oxygens (including phenoxy) is 4. The Bertz CT molecular complexity index is 1440. The summed E-state index contributed by atoms with van der Waals surface area (Å²) >= 11 is 6.85. The number of hydrogen-bond donors (Lipinski definition) is 3. The van der Waals surface area contributed by atoms with E-state index in [1.807, 2.05) is 49.5 Å². The van der Waals surface area contributed by atoms with E-state index in [9.17, 15) is 9.59 Å². The van der Waals surface area contributed by atoms with E-state index in [1.54, 1.807) is 12.0 Å². The molecular weight excluding hydrogens is 620 g/mol. The summed E-state index contributed by atoms with van der Waals surface area (Å²) in [6, 6.07) is 22.0. The van der Waals surface area contributed by atoms with Gasteiger partial charge >= 0.3 is 12.1 Å². The third-order valence-corrected chi connectivity index (χ3v) is 8.68. The van der Waals surface area contributed by atoms with Crippen LogP contribution in [0, 0.1) is 0 Å². The predicted molar refractivity (Wildman–Crippen MR) is 184 cm³/mol. The summed E-state index contributed by atoms with van der Waals surface area (Å²) in [6.45, 7) is 3.88. The van der Waals surface area contributed by atoms with Gasteiger partial charge in [-0.2, -0.15) is 0 Å². The second kappa shape index (κ2) is 18.5. The van der Waals surface area contributed by atoms with Gasteiger partial charge in [-0.3, -0.25) is 0 Å². The molecule has 3 unspecified atom stereocenters. The Morgan fingerprint density at radius 3 is 2.55 bits per heavy atom. The first kappa shape index (κ1) is 36.0. The number of methoxy groups -OCH3 is 1. The molecule has 3 aromatic rings. The van der Waals surface area contributed by atoms with E-state index in [4.69, 9.17) is 30.5 Å². The Kier molecular flexibility index (Phi) is 14.2. The highest BCUT2D eigenvalue weighted by molar-refractivity contribution is 6.33. The van der Waals surface area contributed by atoms with Crippen molar-refractivity contribution in [3.8, 4) is 16.9 Å². The number of rotatable bonds is 15. The number of nitrogens with one attached hydrogen (secondary N) is 3. The monoisotopic (exact) mass is 666 g/mol. The molecule has 0 aromatic heterocycles. The van der Waals surface area contributed by atoms with Crippen LogP contribution in [0.15, 0.2) is 66.7 Å². The molecule has 1 aliphatic heterocycles. The summed E-state index contributed by atoms with van der Waals surface area (Å²) in [7, 11) is 5.07. The Hall–Kier alpha value is -3.83. The smallest absolute Gasteiger partial charge is 0.406 e. The Morgan fingerprint density at radius 1 is 1.04 bits per heavy atom. The zero-order valence-corrected chi connectivity index (χ0v) is 28.5. The first-order valence-electron chi connectivity index (χ1n) is 16.1. The molecule has 4 rings (SSSR count). The van der Waals surface area contributed by atoms with Gasteiger partial charge in [-0.1, -0.05) is 67.1 Å². The van der Waals surface area contributed by atoms with Crippen LogP contribution in [-0.2, 0) is 27.1 Å². The highest BCUT2D eigenvalue weighted by Crippen LogP contribution is 2.39. The van der Waals surface area contributed by atoms with E-state index in [0.29, 0.717) is 31.3 Å². The number of amides is 3. The van der Waals surface area contributed by atoms with Crippen LogP contribution in [0.25, 0.3) is 11.1 Å². The van der Waals surface area contributed by atoms with Gasteiger partial charge in [-0.15, -0.1) is 0 Å². The lowest BCUT2D eigenvalue weighted by molar-refractivity contribution is -0.110. The van der Waals surface area contributed by atoms with Gasteiger partial charge in [0.05, 0.1) is 26.9 Å². The number of carbonyl (C=O) groups excluding carboxylic acids is 2. The van der Waals surface area contributed by atoms with Crippen LogP contribution in [0.3, 0.4) is 0 Å². The van der Waals surface area contributed by atoms with Gasteiger partial charge in [0.1, 0.15) is 24.6 Å². The molecule has 0 aliphatic carbocycles. The maximum Gasteiger partial charge on any atom is 0.406 e. The van der Waals surface area contributed by atoms with E-state index in [2.05, 4.69) is 47.1 Å². The van der Waals surface area contributed by atoms with Gasteiger partial charge < -0.3 is 39.8 Å². The van der Waals surface area contributed by atoms with Gasteiger partial charge in [0.25, 0.3) is 0 Å². The number of likely N-dealkylation sites (N-methyl/N-ethyl adjacent to an activating group) is 1. The molecule has 0 spiro atoms. The molecule has 0 bridgehead atoms. The number of hydrogen-bond acceptors (Lipinski definition) is 7. The standard InChI is InChI=1S/C36H47ClN4O6/c1-5-25-8-6-9-27(22-25)33-30(10-7-11-31(33)37)34(46-20-21-47-36(43)39-3)32-24-41(18-19-45-32)35(42)40-23-28(38-2)15-12-26-13-16-29(44-4)17-14-26/h6-11,13-14,16-17,22,28,32,34,38H,5,12,15,18-21,23-24H2,1-4H3,(H,39,43)(H,40,42). The van der Waals surface area contributed by atoms with Crippen LogP contribution in [0.2, 0.25) is 5.02 Å². The number of urea groups is 1. The number of nitrogens with zero attached hydrogens (tertiary/aromatic N) is 1. The zero-order chi connectivity index (χ0) is 33.6. The van der Waals surface area contributed by atoms with E-state index >= 15 is 0 Å². The van der Waals surface area contributed by atoms with Crippen molar-refractivity contribution >= 4 is 23.7 Å². The number of carbonyl (C=O) groups is 2. The van der Waals surface area contributed by atoms with Gasteiger partial charge in [0.2, 0.25) is 0 Å². The number of halogens is 1. The number of alkyl carbamates (subject to hydrolysis) is 1. The molecule has 11 heteroatoms. The third kappa shape index (κ3) is 10.3. The van der Waals surface area contributed by atoms with Gasteiger partial charge in [-0.05, 0) is 66.8 Å². The molecule has 3 amide bonds. The Morgan fingerprint density at radius 2 is 1.83 bits per heavy atom. The summed E-state index contributed by atoms with van der Waals surface area (Å²) in [4.78, 5) is 26.9. The number of benzene rings is 3. The summed E-state index contributed by atoms with van der Waals surface area (Å²) in [5.41, 5.74) is 5.05. The zero-order valence-electron chi connectivity index (χ0n) is 27.7. The fourth-order valence-corrected chi connectivity index (χ4v) is 5.95. The molecule has 3 atom stereocenters. The molecule has 1 fully saturated rings.